The van der Waals surface area contributed by atoms with E-state index in [-0.39, 0.29) is 17.6 Å². The number of aromatic amines is 1. The Hall–Kier alpha value is -3.68. The van der Waals surface area contributed by atoms with Crippen LogP contribution in [0.25, 0.3) is 10.9 Å². The molecule has 0 aliphatic heterocycles. The van der Waals surface area contributed by atoms with Crippen molar-refractivity contribution in [3.05, 3.63) is 71.7 Å². The lowest BCUT2D eigenvalue weighted by Crippen LogP contribution is -2.54. The molecule has 8 heteroatoms. The van der Waals surface area contributed by atoms with Crippen molar-refractivity contribution >= 4 is 28.6 Å². The summed E-state index contributed by atoms with van der Waals surface area (Å²) in [5.41, 5.74) is 1.93. The van der Waals surface area contributed by atoms with Gasteiger partial charge in [0.15, 0.2) is 0 Å². The minimum atomic E-state index is -0.820. The fourth-order valence-corrected chi connectivity index (χ4v) is 4.05. The molecule has 2 aromatic carbocycles. The molecule has 1 unspecified atom stereocenters. The Balaban J connectivity index is 1.72. The normalized spacial score (nSPS) is 12.8. The molecule has 192 valence electrons. The number of aromatic nitrogens is 1. The number of aryl methyl sites for hydroxylation is 1. The Morgan fingerprint density at radius 3 is 2.42 bits per heavy atom. The standard InChI is InChI=1S/C28H35FN4O3/c1-4-14-30-26(34)23(13-12-19-8-7-10-21(29)16-19)32-27(35)24(15-18(2)3)33-28(36)25-17-20-9-5-6-11-22(20)31-25/h5-11,16-18,23-24,31H,4,12-15H2,1-3H3,(H,30,34)(H,32,35)(H,33,36)/t23?,24-/m0/s1. The highest BCUT2D eigenvalue weighted by atomic mass is 19.1. The van der Waals surface area contributed by atoms with Gasteiger partial charge in [-0.15, -0.1) is 0 Å². The van der Waals surface area contributed by atoms with Crippen molar-refractivity contribution in [2.24, 2.45) is 5.92 Å². The highest BCUT2D eigenvalue weighted by Gasteiger charge is 2.28. The molecule has 3 aromatic rings. The van der Waals surface area contributed by atoms with Crippen LogP contribution in [-0.4, -0.2) is 41.3 Å². The zero-order valence-corrected chi connectivity index (χ0v) is 21.1. The third-order valence-corrected chi connectivity index (χ3v) is 5.90. The van der Waals surface area contributed by atoms with Gasteiger partial charge in [-0.3, -0.25) is 14.4 Å². The number of para-hydroxylation sites is 1. The largest absolute Gasteiger partial charge is 0.354 e. The van der Waals surface area contributed by atoms with Gasteiger partial charge in [0.25, 0.3) is 5.91 Å². The van der Waals surface area contributed by atoms with E-state index in [1.807, 2.05) is 45.0 Å². The van der Waals surface area contributed by atoms with Crippen LogP contribution in [0.5, 0.6) is 0 Å². The summed E-state index contributed by atoms with van der Waals surface area (Å²) >= 11 is 0. The SMILES string of the molecule is CCCNC(=O)C(CCc1cccc(F)c1)NC(=O)[C@H](CC(C)C)NC(=O)c1cc2ccccc2[nH]1. The zero-order chi connectivity index (χ0) is 26.1. The van der Waals surface area contributed by atoms with Crippen molar-refractivity contribution < 1.29 is 18.8 Å². The molecule has 1 heterocycles. The smallest absolute Gasteiger partial charge is 0.268 e. The van der Waals surface area contributed by atoms with Gasteiger partial charge < -0.3 is 20.9 Å². The Morgan fingerprint density at radius 2 is 1.72 bits per heavy atom. The number of fused-ring (bicyclic) bond motifs is 1. The van der Waals surface area contributed by atoms with Gasteiger partial charge in [-0.05, 0) is 61.4 Å². The lowest BCUT2D eigenvalue weighted by Gasteiger charge is -2.24. The Bertz CT molecular complexity index is 1160. The third kappa shape index (κ3) is 7.66. The highest BCUT2D eigenvalue weighted by Crippen LogP contribution is 2.15. The number of benzene rings is 2. The molecule has 3 amide bonds. The zero-order valence-electron chi connectivity index (χ0n) is 21.1. The highest BCUT2D eigenvalue weighted by molar-refractivity contribution is 6.00. The molecule has 0 saturated carbocycles. The molecule has 0 spiro atoms. The number of H-pyrrole nitrogens is 1. The predicted octanol–water partition coefficient (Wildman–Crippen LogP) is 4.10. The first-order chi connectivity index (χ1) is 17.3. The number of hydrogen-bond donors (Lipinski definition) is 4. The summed E-state index contributed by atoms with van der Waals surface area (Å²) in [5.74, 6) is -1.33. The topological polar surface area (TPSA) is 103 Å². The van der Waals surface area contributed by atoms with E-state index < -0.39 is 23.9 Å². The summed E-state index contributed by atoms with van der Waals surface area (Å²) in [6.07, 6.45) is 1.88. The Labute approximate surface area is 211 Å². The van der Waals surface area contributed by atoms with Crippen molar-refractivity contribution in [2.45, 2.75) is 58.5 Å². The molecule has 36 heavy (non-hydrogen) atoms. The first-order valence-electron chi connectivity index (χ1n) is 12.5. The molecule has 0 aliphatic rings. The van der Waals surface area contributed by atoms with Crippen LogP contribution in [0, 0.1) is 11.7 Å². The maximum absolute atomic E-state index is 13.6. The van der Waals surface area contributed by atoms with Crippen LogP contribution in [0.3, 0.4) is 0 Å². The van der Waals surface area contributed by atoms with Gasteiger partial charge in [-0.1, -0.05) is 51.1 Å². The number of hydrogen-bond acceptors (Lipinski definition) is 3. The van der Waals surface area contributed by atoms with E-state index >= 15 is 0 Å². The van der Waals surface area contributed by atoms with E-state index in [4.69, 9.17) is 0 Å². The molecular weight excluding hydrogens is 459 g/mol. The van der Waals surface area contributed by atoms with Crippen LogP contribution in [0.2, 0.25) is 0 Å². The number of amides is 3. The average molecular weight is 495 g/mol. The summed E-state index contributed by atoms with van der Waals surface area (Å²) in [7, 11) is 0. The monoisotopic (exact) mass is 494 g/mol. The molecule has 2 atom stereocenters. The number of nitrogens with one attached hydrogen (secondary N) is 4. The van der Waals surface area contributed by atoms with E-state index in [1.54, 1.807) is 18.2 Å². The summed E-state index contributed by atoms with van der Waals surface area (Å²) in [4.78, 5) is 42.2. The maximum atomic E-state index is 13.6. The number of rotatable bonds is 12. The van der Waals surface area contributed by atoms with Gasteiger partial charge in [0.05, 0.1) is 0 Å². The summed E-state index contributed by atoms with van der Waals surface area (Å²) in [6.45, 7) is 6.35. The van der Waals surface area contributed by atoms with E-state index in [1.165, 1.54) is 12.1 Å². The number of carbonyl (C=O) groups is 3. The van der Waals surface area contributed by atoms with E-state index in [0.29, 0.717) is 31.5 Å². The van der Waals surface area contributed by atoms with Gasteiger partial charge in [0.1, 0.15) is 23.6 Å². The van der Waals surface area contributed by atoms with Crippen molar-refractivity contribution in [1.82, 2.24) is 20.9 Å². The van der Waals surface area contributed by atoms with Crippen molar-refractivity contribution in [2.75, 3.05) is 6.54 Å². The van der Waals surface area contributed by atoms with Gasteiger partial charge in [-0.2, -0.15) is 0 Å². The maximum Gasteiger partial charge on any atom is 0.268 e. The Morgan fingerprint density at radius 1 is 0.944 bits per heavy atom. The molecule has 0 aliphatic carbocycles. The molecule has 0 bridgehead atoms. The molecule has 7 nitrogen and oxygen atoms in total. The minimum Gasteiger partial charge on any atom is -0.354 e. The fraction of sp³-hybridized carbons (Fsp3) is 0.393. The second-order valence-corrected chi connectivity index (χ2v) is 9.45. The third-order valence-electron chi connectivity index (χ3n) is 5.90. The van der Waals surface area contributed by atoms with Crippen molar-refractivity contribution in [3.63, 3.8) is 0 Å². The van der Waals surface area contributed by atoms with Crippen LogP contribution in [0.15, 0.2) is 54.6 Å². The second kappa shape index (κ2) is 12.9. The minimum absolute atomic E-state index is 0.128. The second-order valence-electron chi connectivity index (χ2n) is 9.45. The van der Waals surface area contributed by atoms with Crippen LogP contribution in [-0.2, 0) is 16.0 Å². The molecule has 0 saturated heterocycles. The van der Waals surface area contributed by atoms with Crippen LogP contribution in [0.4, 0.5) is 4.39 Å². The van der Waals surface area contributed by atoms with Gasteiger partial charge >= 0.3 is 0 Å². The first-order valence-corrected chi connectivity index (χ1v) is 12.5. The summed E-state index contributed by atoms with van der Waals surface area (Å²) < 4.78 is 13.6. The first kappa shape index (κ1) is 26.9. The molecule has 1 aromatic heterocycles. The number of carbonyl (C=O) groups excluding carboxylic acids is 3. The lowest BCUT2D eigenvalue weighted by molar-refractivity contribution is -0.130. The van der Waals surface area contributed by atoms with E-state index in [2.05, 4.69) is 20.9 Å². The molecule has 0 fully saturated rings. The Kier molecular flexibility index (Phi) is 9.61. The molecule has 0 radical (unpaired) electrons. The van der Waals surface area contributed by atoms with Crippen LogP contribution >= 0.6 is 0 Å². The molecule has 4 N–H and O–H groups in total. The lowest BCUT2D eigenvalue weighted by atomic mass is 10.0. The van der Waals surface area contributed by atoms with Gasteiger partial charge in [-0.25, -0.2) is 4.39 Å². The van der Waals surface area contributed by atoms with Crippen molar-refractivity contribution in [1.29, 1.82) is 0 Å². The van der Waals surface area contributed by atoms with Crippen LogP contribution in [0.1, 0.15) is 56.1 Å². The van der Waals surface area contributed by atoms with E-state index in [9.17, 15) is 18.8 Å². The summed E-state index contributed by atoms with van der Waals surface area (Å²) in [5, 5.41) is 9.39. The predicted molar refractivity (Wildman–Crippen MR) is 139 cm³/mol. The number of halogens is 1. The summed E-state index contributed by atoms with van der Waals surface area (Å²) in [6, 6.07) is 13.8. The van der Waals surface area contributed by atoms with Gasteiger partial charge in [0.2, 0.25) is 11.8 Å². The van der Waals surface area contributed by atoms with Crippen LogP contribution < -0.4 is 16.0 Å². The van der Waals surface area contributed by atoms with E-state index in [0.717, 1.165) is 22.9 Å². The average Bonchev–Trinajstić information content (AvgIpc) is 3.29. The molecule has 3 rings (SSSR count). The quantitative estimate of drug-likeness (QED) is 0.305. The fourth-order valence-electron chi connectivity index (χ4n) is 4.05. The molecular formula is C28H35FN4O3. The van der Waals surface area contributed by atoms with Crippen molar-refractivity contribution in [3.8, 4) is 0 Å². The van der Waals surface area contributed by atoms with Gasteiger partial charge in [0, 0.05) is 17.4 Å².